The van der Waals surface area contributed by atoms with E-state index in [-0.39, 0.29) is 5.82 Å². The molecular formula is C15H18FN3. The normalized spacial score (nSPS) is 19.6. The van der Waals surface area contributed by atoms with Gasteiger partial charge in [-0.05, 0) is 37.9 Å². The lowest BCUT2D eigenvalue weighted by atomic mass is 10.0. The first-order chi connectivity index (χ1) is 9.24. The molecular weight excluding hydrogens is 241 g/mol. The van der Waals surface area contributed by atoms with Gasteiger partial charge in [-0.1, -0.05) is 18.6 Å². The van der Waals surface area contributed by atoms with Crippen LogP contribution in [0.5, 0.6) is 0 Å². The zero-order valence-corrected chi connectivity index (χ0v) is 11.0. The molecule has 0 amide bonds. The Balaban J connectivity index is 1.85. The molecule has 2 N–H and O–H groups in total. The molecule has 0 saturated carbocycles. The van der Waals surface area contributed by atoms with Gasteiger partial charge in [-0.2, -0.15) is 0 Å². The van der Waals surface area contributed by atoms with E-state index in [9.17, 15) is 4.39 Å². The van der Waals surface area contributed by atoms with E-state index in [4.69, 9.17) is 0 Å². The number of aromatic nitrogens is 2. The third kappa shape index (κ3) is 2.54. The first-order valence-corrected chi connectivity index (χ1v) is 6.79. The Morgan fingerprint density at radius 3 is 2.95 bits per heavy atom. The Morgan fingerprint density at radius 2 is 2.21 bits per heavy atom. The molecule has 0 bridgehead atoms. The van der Waals surface area contributed by atoms with Gasteiger partial charge in [0.05, 0.1) is 17.9 Å². The molecule has 0 spiro atoms. The number of hydrogen-bond donors (Lipinski definition) is 2. The molecule has 1 aromatic heterocycles. The van der Waals surface area contributed by atoms with Crippen LogP contribution in [0, 0.1) is 12.7 Å². The molecule has 2 heterocycles. The SMILES string of the molecule is Cc1ccc(-c2cnc(C3CCCCN3)[nH]2)cc1F. The number of nitrogens with zero attached hydrogens (tertiary/aromatic N) is 1. The summed E-state index contributed by atoms with van der Waals surface area (Å²) >= 11 is 0. The second kappa shape index (κ2) is 5.13. The maximum absolute atomic E-state index is 13.6. The van der Waals surface area contributed by atoms with E-state index >= 15 is 0 Å². The number of piperidine rings is 1. The monoisotopic (exact) mass is 259 g/mol. The van der Waals surface area contributed by atoms with Gasteiger partial charge in [-0.3, -0.25) is 0 Å². The third-order valence-electron chi connectivity index (χ3n) is 3.72. The lowest BCUT2D eigenvalue weighted by molar-refractivity contribution is 0.399. The van der Waals surface area contributed by atoms with Crippen molar-refractivity contribution in [2.75, 3.05) is 6.54 Å². The van der Waals surface area contributed by atoms with Gasteiger partial charge in [-0.25, -0.2) is 9.37 Å². The van der Waals surface area contributed by atoms with Crippen LogP contribution in [-0.2, 0) is 0 Å². The number of benzene rings is 1. The van der Waals surface area contributed by atoms with E-state index in [2.05, 4.69) is 15.3 Å². The smallest absolute Gasteiger partial charge is 0.126 e. The fourth-order valence-corrected chi connectivity index (χ4v) is 2.51. The topological polar surface area (TPSA) is 40.7 Å². The summed E-state index contributed by atoms with van der Waals surface area (Å²) in [7, 11) is 0. The van der Waals surface area contributed by atoms with E-state index in [1.165, 1.54) is 12.8 Å². The zero-order valence-electron chi connectivity index (χ0n) is 11.0. The fraction of sp³-hybridized carbons (Fsp3) is 0.400. The quantitative estimate of drug-likeness (QED) is 0.868. The predicted molar refractivity (Wildman–Crippen MR) is 73.3 cm³/mol. The van der Waals surface area contributed by atoms with Gasteiger partial charge in [-0.15, -0.1) is 0 Å². The van der Waals surface area contributed by atoms with Crippen LogP contribution < -0.4 is 5.32 Å². The summed E-state index contributed by atoms with van der Waals surface area (Å²) in [5.74, 6) is 0.778. The molecule has 4 heteroatoms. The van der Waals surface area contributed by atoms with Crippen molar-refractivity contribution in [2.45, 2.75) is 32.2 Å². The van der Waals surface area contributed by atoms with Crippen LogP contribution in [0.2, 0.25) is 0 Å². The Labute approximate surface area is 112 Å². The summed E-state index contributed by atoms with van der Waals surface area (Å²) in [5, 5.41) is 3.45. The first-order valence-electron chi connectivity index (χ1n) is 6.79. The standard InChI is InChI=1S/C15H18FN3/c1-10-5-6-11(8-12(10)16)14-9-18-15(19-14)13-4-2-3-7-17-13/h5-6,8-9,13,17H,2-4,7H2,1H3,(H,18,19). The zero-order chi connectivity index (χ0) is 13.2. The van der Waals surface area contributed by atoms with Crippen molar-refractivity contribution < 1.29 is 4.39 Å². The minimum absolute atomic E-state index is 0.176. The van der Waals surface area contributed by atoms with E-state index in [0.29, 0.717) is 11.6 Å². The molecule has 1 aliphatic rings. The van der Waals surface area contributed by atoms with Gasteiger partial charge >= 0.3 is 0 Å². The molecule has 19 heavy (non-hydrogen) atoms. The average Bonchev–Trinajstić information content (AvgIpc) is 2.93. The van der Waals surface area contributed by atoms with Gasteiger partial charge in [0, 0.05) is 5.56 Å². The van der Waals surface area contributed by atoms with Crippen LogP contribution in [0.15, 0.2) is 24.4 Å². The molecule has 3 nitrogen and oxygen atoms in total. The molecule has 1 unspecified atom stereocenters. The molecule has 1 aliphatic heterocycles. The Hall–Kier alpha value is -1.68. The minimum Gasteiger partial charge on any atom is -0.341 e. The van der Waals surface area contributed by atoms with Crippen molar-refractivity contribution in [1.29, 1.82) is 0 Å². The molecule has 2 aromatic rings. The lowest BCUT2D eigenvalue weighted by Crippen LogP contribution is -2.27. The molecule has 1 fully saturated rings. The van der Waals surface area contributed by atoms with Gasteiger partial charge < -0.3 is 10.3 Å². The van der Waals surface area contributed by atoms with Crippen molar-refractivity contribution >= 4 is 0 Å². The van der Waals surface area contributed by atoms with E-state index in [0.717, 1.165) is 30.0 Å². The van der Waals surface area contributed by atoms with Crippen molar-refractivity contribution in [3.8, 4) is 11.3 Å². The summed E-state index contributed by atoms with van der Waals surface area (Å²) in [6, 6.07) is 5.58. The molecule has 1 aromatic carbocycles. The molecule has 0 radical (unpaired) electrons. The van der Waals surface area contributed by atoms with Gasteiger partial charge in [0.25, 0.3) is 0 Å². The average molecular weight is 259 g/mol. The van der Waals surface area contributed by atoms with Gasteiger partial charge in [0.15, 0.2) is 0 Å². The van der Waals surface area contributed by atoms with Crippen LogP contribution in [0.3, 0.4) is 0 Å². The van der Waals surface area contributed by atoms with Crippen LogP contribution in [-0.4, -0.2) is 16.5 Å². The lowest BCUT2D eigenvalue weighted by Gasteiger charge is -2.21. The highest BCUT2D eigenvalue weighted by Gasteiger charge is 2.17. The number of halogens is 1. The number of rotatable bonds is 2. The second-order valence-corrected chi connectivity index (χ2v) is 5.15. The van der Waals surface area contributed by atoms with Gasteiger partial charge in [0.1, 0.15) is 11.6 Å². The minimum atomic E-state index is -0.176. The highest BCUT2D eigenvalue weighted by atomic mass is 19.1. The fourth-order valence-electron chi connectivity index (χ4n) is 2.51. The van der Waals surface area contributed by atoms with Crippen LogP contribution >= 0.6 is 0 Å². The Bertz CT molecular complexity index is 571. The second-order valence-electron chi connectivity index (χ2n) is 5.15. The van der Waals surface area contributed by atoms with Crippen molar-refractivity contribution in [3.63, 3.8) is 0 Å². The molecule has 3 rings (SSSR count). The van der Waals surface area contributed by atoms with E-state index < -0.39 is 0 Å². The third-order valence-corrected chi connectivity index (χ3v) is 3.72. The highest BCUT2D eigenvalue weighted by molar-refractivity contribution is 5.59. The van der Waals surface area contributed by atoms with Crippen LogP contribution in [0.25, 0.3) is 11.3 Å². The molecule has 100 valence electrons. The molecule has 0 aliphatic carbocycles. The number of hydrogen-bond acceptors (Lipinski definition) is 2. The van der Waals surface area contributed by atoms with Gasteiger partial charge in [0.2, 0.25) is 0 Å². The van der Waals surface area contributed by atoms with Crippen molar-refractivity contribution in [3.05, 3.63) is 41.6 Å². The summed E-state index contributed by atoms with van der Waals surface area (Å²) < 4.78 is 13.6. The van der Waals surface area contributed by atoms with E-state index in [1.54, 1.807) is 25.3 Å². The largest absolute Gasteiger partial charge is 0.341 e. The first kappa shape index (κ1) is 12.4. The van der Waals surface area contributed by atoms with Crippen molar-refractivity contribution in [2.24, 2.45) is 0 Å². The van der Waals surface area contributed by atoms with Crippen molar-refractivity contribution in [1.82, 2.24) is 15.3 Å². The number of nitrogens with one attached hydrogen (secondary N) is 2. The predicted octanol–water partition coefficient (Wildman–Crippen LogP) is 3.34. The number of aromatic amines is 1. The van der Waals surface area contributed by atoms with Crippen LogP contribution in [0.1, 0.15) is 36.7 Å². The molecule has 1 saturated heterocycles. The van der Waals surface area contributed by atoms with Crippen LogP contribution in [0.4, 0.5) is 4.39 Å². The number of aryl methyl sites for hydroxylation is 1. The highest BCUT2D eigenvalue weighted by Crippen LogP contribution is 2.24. The molecule has 1 atom stereocenters. The maximum Gasteiger partial charge on any atom is 0.126 e. The summed E-state index contributed by atoms with van der Waals surface area (Å²) in [6.07, 6.45) is 5.35. The summed E-state index contributed by atoms with van der Waals surface area (Å²) in [4.78, 5) is 7.73. The summed E-state index contributed by atoms with van der Waals surface area (Å²) in [5.41, 5.74) is 2.39. The van der Waals surface area contributed by atoms with E-state index in [1.807, 2.05) is 6.07 Å². The maximum atomic E-state index is 13.6. The Kier molecular flexibility index (Phi) is 3.34. The number of imidazole rings is 1. The summed E-state index contributed by atoms with van der Waals surface area (Å²) in [6.45, 7) is 2.81. The Morgan fingerprint density at radius 1 is 1.32 bits per heavy atom. The number of H-pyrrole nitrogens is 1.